The van der Waals surface area contributed by atoms with Gasteiger partial charge in [0.15, 0.2) is 0 Å². The third kappa shape index (κ3) is 5.25. The molecule has 2 aliphatic heterocycles. The van der Waals surface area contributed by atoms with E-state index in [9.17, 15) is 14.7 Å². The van der Waals surface area contributed by atoms with Gasteiger partial charge < -0.3 is 0 Å². The van der Waals surface area contributed by atoms with Crippen LogP contribution in [0, 0.1) is 6.92 Å². The van der Waals surface area contributed by atoms with Crippen LogP contribution in [0.25, 0.3) is 11.4 Å². The fourth-order valence-corrected chi connectivity index (χ4v) is 7.36. The van der Waals surface area contributed by atoms with E-state index in [0.717, 1.165) is 60.5 Å². The zero-order chi connectivity index (χ0) is 25.2. The van der Waals surface area contributed by atoms with Crippen molar-refractivity contribution in [3.05, 3.63) is 59.4 Å². The van der Waals surface area contributed by atoms with Crippen LogP contribution in [0.5, 0.6) is 0 Å². The van der Waals surface area contributed by atoms with Gasteiger partial charge in [0.1, 0.15) is 0 Å². The molecule has 8 nitrogen and oxygen atoms in total. The number of benzene rings is 1. The van der Waals surface area contributed by atoms with E-state index in [0.29, 0.717) is 11.7 Å². The maximum absolute atomic E-state index is 13.4. The van der Waals surface area contributed by atoms with E-state index in [1.165, 1.54) is 17.2 Å². The molecule has 2 atom stereocenters. The van der Waals surface area contributed by atoms with Crippen LogP contribution in [0.15, 0.2) is 42.7 Å². The van der Waals surface area contributed by atoms with Crippen molar-refractivity contribution in [1.29, 1.82) is 0 Å². The van der Waals surface area contributed by atoms with Crippen LogP contribution in [0.2, 0.25) is 0 Å². The molecule has 4 heterocycles. The van der Waals surface area contributed by atoms with Crippen LogP contribution in [-0.2, 0) is 7.05 Å². The molecule has 0 spiro atoms. The fraction of sp³-hybridized carbons (Fsp3) is 0.407. The van der Waals surface area contributed by atoms with Crippen LogP contribution in [0.4, 0.5) is 0 Å². The normalized spacial score (nSPS) is 18.5. The summed E-state index contributed by atoms with van der Waals surface area (Å²) in [5.74, 6) is -0.816. The summed E-state index contributed by atoms with van der Waals surface area (Å²) in [4.78, 5) is 38.5. The van der Waals surface area contributed by atoms with Crippen molar-refractivity contribution in [3.8, 4) is 11.4 Å². The number of carboxylic acid groups (broad SMARTS) is 1. The molecule has 36 heavy (non-hydrogen) atoms. The first-order valence-corrected chi connectivity index (χ1v) is 14.6. The number of aryl methyl sites for hydroxylation is 2. The van der Waals surface area contributed by atoms with E-state index < -0.39 is 21.7 Å². The van der Waals surface area contributed by atoms with Gasteiger partial charge in [-0.3, -0.25) is 0 Å². The Hall–Kier alpha value is -2.96. The minimum absolute atomic E-state index is 0.141. The Labute approximate surface area is 218 Å². The van der Waals surface area contributed by atoms with Gasteiger partial charge in [0.05, 0.1) is 0 Å². The van der Waals surface area contributed by atoms with Gasteiger partial charge in [-0.25, -0.2) is 0 Å². The van der Waals surface area contributed by atoms with E-state index in [4.69, 9.17) is 4.98 Å². The summed E-state index contributed by atoms with van der Waals surface area (Å²) in [6, 6.07) is 9.80. The first kappa shape index (κ1) is 24.7. The third-order valence-corrected chi connectivity index (χ3v) is 9.91. The molecule has 0 bridgehead atoms. The number of carboxylic acids is 1. The van der Waals surface area contributed by atoms with Crippen molar-refractivity contribution in [2.24, 2.45) is 7.05 Å². The zero-order valence-electron chi connectivity index (χ0n) is 20.8. The molecule has 2 fully saturated rings. The second kappa shape index (κ2) is 10.6. The predicted octanol–water partition coefficient (Wildman–Crippen LogP) is 1.58. The quantitative estimate of drug-likeness (QED) is 0.450. The summed E-state index contributed by atoms with van der Waals surface area (Å²) in [6.45, 7) is 6.21. The van der Waals surface area contributed by atoms with Gasteiger partial charge in [-0.15, -0.1) is 0 Å². The Morgan fingerprint density at radius 1 is 1.08 bits per heavy atom. The Balaban J connectivity index is 1.30. The van der Waals surface area contributed by atoms with Gasteiger partial charge in [-0.05, 0) is 0 Å². The van der Waals surface area contributed by atoms with Gasteiger partial charge in [-0.1, -0.05) is 0 Å². The molecule has 3 aromatic rings. The monoisotopic (exact) mass is 549 g/mol. The number of nitrogens with zero attached hydrogens (tertiary/aromatic N) is 5. The topological polar surface area (TPSA) is 91.6 Å². The number of aromatic carboxylic acids is 1. The van der Waals surface area contributed by atoms with Crippen LogP contribution in [-0.4, -0.2) is 89.3 Å². The second-order valence-corrected chi connectivity index (χ2v) is 12.3. The third-order valence-electron chi connectivity index (χ3n) is 7.20. The SMILES string of the molecule is Cc1cc(C(=O)N2CCCC2CN2CCCC2)ccc1[AsH]c1nccc(-c2cc(C(=O)O)cn2C)n1. The maximum atomic E-state index is 13.4. The average Bonchev–Trinajstić information content (AvgIpc) is 3.62. The van der Waals surface area contributed by atoms with Gasteiger partial charge in [0.25, 0.3) is 0 Å². The summed E-state index contributed by atoms with van der Waals surface area (Å²) in [5.41, 5.74) is 3.55. The standard InChI is InChI=1S/C27H32AsN5O3/c1-18-14-19(25(34)33-13-5-6-21(33)17-32-11-3-4-12-32)7-8-22(18)28-27-29-10-9-23(30-27)24-15-20(26(35)36)16-31(24)2/h7-10,14-16,21,28H,3-6,11-13,17H2,1-2H3,(H,35,36). The number of hydrogen-bond donors (Lipinski definition) is 1. The van der Waals surface area contributed by atoms with Crippen LogP contribution in [0.1, 0.15) is 52.0 Å². The van der Waals surface area contributed by atoms with E-state index >= 15 is 0 Å². The molecular weight excluding hydrogens is 517 g/mol. The number of aromatic nitrogens is 3. The molecule has 9 heteroatoms. The van der Waals surface area contributed by atoms with Gasteiger partial charge in [0, 0.05) is 0 Å². The molecular formula is C27H32AsN5O3. The molecule has 1 aromatic carbocycles. The fourth-order valence-electron chi connectivity index (χ4n) is 5.28. The molecule has 0 radical (unpaired) electrons. The van der Waals surface area contributed by atoms with Crippen molar-refractivity contribution in [2.45, 2.75) is 38.6 Å². The van der Waals surface area contributed by atoms with Crippen LogP contribution in [0.3, 0.4) is 0 Å². The second-order valence-electron chi connectivity index (χ2n) is 9.75. The van der Waals surface area contributed by atoms with Crippen LogP contribution < -0.4 is 8.96 Å². The number of carbonyl (C=O) groups is 2. The Morgan fingerprint density at radius 2 is 1.89 bits per heavy atom. The number of amides is 1. The van der Waals surface area contributed by atoms with Gasteiger partial charge in [-0.2, -0.15) is 0 Å². The Morgan fingerprint density at radius 3 is 2.61 bits per heavy atom. The van der Waals surface area contributed by atoms with Crippen molar-refractivity contribution in [1.82, 2.24) is 24.3 Å². The molecule has 2 unspecified atom stereocenters. The van der Waals surface area contributed by atoms with Gasteiger partial charge >= 0.3 is 218 Å². The van der Waals surface area contributed by atoms with Crippen molar-refractivity contribution < 1.29 is 14.7 Å². The van der Waals surface area contributed by atoms with Crippen molar-refractivity contribution >= 4 is 36.6 Å². The van der Waals surface area contributed by atoms with E-state index in [2.05, 4.69) is 27.8 Å². The molecule has 2 saturated heterocycles. The summed E-state index contributed by atoms with van der Waals surface area (Å²) in [7, 11) is 1.82. The van der Waals surface area contributed by atoms with E-state index in [1.54, 1.807) is 29.1 Å². The van der Waals surface area contributed by atoms with E-state index in [-0.39, 0.29) is 11.5 Å². The summed E-state index contributed by atoms with van der Waals surface area (Å²) >= 11 is -0.822. The number of rotatable bonds is 7. The molecule has 188 valence electrons. The molecule has 1 N–H and O–H groups in total. The first-order chi connectivity index (χ1) is 17.4. The summed E-state index contributed by atoms with van der Waals surface area (Å²) in [6.07, 6.45) is 8.03. The minimum atomic E-state index is -0.957. The molecule has 2 aliphatic rings. The Kier molecular flexibility index (Phi) is 7.26. The Bertz CT molecular complexity index is 1280. The molecule has 5 rings (SSSR count). The molecule has 0 saturated carbocycles. The number of likely N-dealkylation sites (tertiary alicyclic amines) is 2. The van der Waals surface area contributed by atoms with Crippen molar-refractivity contribution in [3.63, 3.8) is 0 Å². The van der Waals surface area contributed by atoms with Crippen molar-refractivity contribution in [2.75, 3.05) is 26.2 Å². The summed E-state index contributed by atoms with van der Waals surface area (Å²) < 4.78 is 3.74. The summed E-state index contributed by atoms with van der Waals surface area (Å²) in [5, 5.41) is 9.29. The van der Waals surface area contributed by atoms with Gasteiger partial charge in [0.2, 0.25) is 0 Å². The predicted molar refractivity (Wildman–Crippen MR) is 141 cm³/mol. The number of carbonyl (C=O) groups excluding carboxylic acids is 1. The first-order valence-electron chi connectivity index (χ1n) is 12.5. The number of hydrogen-bond acceptors (Lipinski definition) is 5. The van der Waals surface area contributed by atoms with Crippen LogP contribution >= 0.6 is 0 Å². The average molecular weight is 550 g/mol. The van der Waals surface area contributed by atoms with E-state index in [1.807, 2.05) is 19.2 Å². The molecule has 1 amide bonds. The molecule has 2 aromatic heterocycles. The zero-order valence-corrected chi connectivity index (χ0v) is 22.9. The molecule has 0 aliphatic carbocycles.